The molecular formula is C18H34N2O. The van der Waals surface area contributed by atoms with E-state index in [1.165, 1.54) is 32.1 Å². The van der Waals surface area contributed by atoms with Crippen molar-refractivity contribution >= 4 is 5.91 Å². The SMILES string of the molecule is CCC1CCCC(N2C(=O)C(C(C)CC)NC2C(C)C)C1. The normalized spacial score (nSPS) is 35.5. The molecule has 0 aromatic carbocycles. The van der Waals surface area contributed by atoms with Crippen LogP contribution in [0.3, 0.4) is 0 Å². The summed E-state index contributed by atoms with van der Waals surface area (Å²) < 4.78 is 0. The zero-order valence-electron chi connectivity index (χ0n) is 14.6. The first-order chi connectivity index (χ1) is 9.99. The number of amides is 1. The standard InChI is InChI=1S/C18H34N2O/c1-6-13(5)16-18(21)20(17(19-16)12(3)4)15-10-8-9-14(7-2)11-15/h12-17,19H,6-11H2,1-5H3. The van der Waals surface area contributed by atoms with E-state index in [0.717, 1.165) is 12.3 Å². The Morgan fingerprint density at radius 3 is 2.52 bits per heavy atom. The van der Waals surface area contributed by atoms with Crippen LogP contribution >= 0.6 is 0 Å². The fourth-order valence-electron chi connectivity index (χ4n) is 4.08. The third-order valence-corrected chi connectivity index (χ3v) is 5.74. The van der Waals surface area contributed by atoms with Crippen molar-refractivity contribution in [3.05, 3.63) is 0 Å². The fourth-order valence-corrected chi connectivity index (χ4v) is 4.08. The zero-order valence-corrected chi connectivity index (χ0v) is 14.6. The van der Waals surface area contributed by atoms with Crippen molar-refractivity contribution in [2.75, 3.05) is 0 Å². The third kappa shape index (κ3) is 3.44. The van der Waals surface area contributed by atoms with E-state index >= 15 is 0 Å². The lowest BCUT2D eigenvalue weighted by molar-refractivity contribution is -0.134. The summed E-state index contributed by atoms with van der Waals surface area (Å²) in [5.41, 5.74) is 0. The van der Waals surface area contributed by atoms with Crippen molar-refractivity contribution < 1.29 is 4.79 Å². The summed E-state index contributed by atoms with van der Waals surface area (Å²) in [4.78, 5) is 15.2. The van der Waals surface area contributed by atoms with Gasteiger partial charge >= 0.3 is 0 Å². The molecule has 0 radical (unpaired) electrons. The molecule has 2 rings (SSSR count). The average Bonchev–Trinajstić information content (AvgIpc) is 2.84. The van der Waals surface area contributed by atoms with E-state index in [4.69, 9.17) is 0 Å². The van der Waals surface area contributed by atoms with Gasteiger partial charge in [0.1, 0.15) is 0 Å². The lowest BCUT2D eigenvalue weighted by Crippen LogP contribution is -2.48. The predicted octanol–water partition coefficient (Wildman–Crippen LogP) is 3.78. The van der Waals surface area contributed by atoms with Gasteiger partial charge in [-0.2, -0.15) is 0 Å². The van der Waals surface area contributed by atoms with E-state index in [0.29, 0.717) is 23.8 Å². The molecule has 122 valence electrons. The zero-order chi connectivity index (χ0) is 15.6. The van der Waals surface area contributed by atoms with Crippen molar-refractivity contribution in [3.63, 3.8) is 0 Å². The van der Waals surface area contributed by atoms with Gasteiger partial charge in [0.15, 0.2) is 0 Å². The molecule has 2 fully saturated rings. The molecule has 5 atom stereocenters. The summed E-state index contributed by atoms with van der Waals surface area (Å²) in [6.07, 6.45) is 7.59. The molecule has 1 N–H and O–H groups in total. The highest BCUT2D eigenvalue weighted by atomic mass is 16.2. The summed E-state index contributed by atoms with van der Waals surface area (Å²) in [7, 11) is 0. The van der Waals surface area contributed by atoms with Gasteiger partial charge in [0.25, 0.3) is 0 Å². The summed E-state index contributed by atoms with van der Waals surface area (Å²) >= 11 is 0. The Morgan fingerprint density at radius 1 is 1.24 bits per heavy atom. The lowest BCUT2D eigenvalue weighted by atomic mass is 9.83. The maximum absolute atomic E-state index is 13.0. The minimum absolute atomic E-state index is 0.0319. The van der Waals surface area contributed by atoms with Crippen molar-refractivity contribution in [2.24, 2.45) is 17.8 Å². The van der Waals surface area contributed by atoms with E-state index in [1.54, 1.807) is 0 Å². The molecular weight excluding hydrogens is 260 g/mol. The number of carbonyl (C=O) groups is 1. The van der Waals surface area contributed by atoms with Gasteiger partial charge in [0, 0.05) is 6.04 Å². The molecule has 0 aromatic rings. The number of nitrogens with one attached hydrogen (secondary N) is 1. The first-order valence-electron chi connectivity index (χ1n) is 9.07. The van der Waals surface area contributed by atoms with Crippen LogP contribution in [0.2, 0.25) is 0 Å². The van der Waals surface area contributed by atoms with Crippen molar-refractivity contribution in [3.8, 4) is 0 Å². The topological polar surface area (TPSA) is 32.3 Å². The molecule has 1 aliphatic heterocycles. The molecule has 2 aliphatic rings. The van der Waals surface area contributed by atoms with Gasteiger partial charge in [0.2, 0.25) is 5.91 Å². The summed E-state index contributed by atoms with van der Waals surface area (Å²) in [5.74, 6) is 2.08. The van der Waals surface area contributed by atoms with E-state index in [1.807, 2.05) is 0 Å². The maximum Gasteiger partial charge on any atom is 0.241 e. The van der Waals surface area contributed by atoms with E-state index in [-0.39, 0.29) is 12.2 Å². The molecule has 3 nitrogen and oxygen atoms in total. The Morgan fingerprint density at radius 2 is 1.95 bits per heavy atom. The van der Waals surface area contributed by atoms with Gasteiger partial charge in [-0.15, -0.1) is 0 Å². The van der Waals surface area contributed by atoms with Crippen LogP contribution in [-0.2, 0) is 4.79 Å². The lowest BCUT2D eigenvalue weighted by Gasteiger charge is -2.39. The van der Waals surface area contributed by atoms with E-state index in [9.17, 15) is 4.79 Å². The second-order valence-corrected chi connectivity index (χ2v) is 7.56. The second kappa shape index (κ2) is 7.13. The van der Waals surface area contributed by atoms with Crippen LogP contribution in [-0.4, -0.2) is 29.1 Å². The Hall–Kier alpha value is -0.570. The second-order valence-electron chi connectivity index (χ2n) is 7.56. The predicted molar refractivity (Wildman–Crippen MR) is 87.9 cm³/mol. The Labute approximate surface area is 130 Å². The Kier molecular flexibility index (Phi) is 5.70. The Balaban J connectivity index is 2.16. The van der Waals surface area contributed by atoms with Crippen molar-refractivity contribution in [1.29, 1.82) is 0 Å². The molecule has 1 saturated heterocycles. The number of hydrogen-bond donors (Lipinski definition) is 1. The summed E-state index contributed by atoms with van der Waals surface area (Å²) in [6.45, 7) is 11.1. The van der Waals surface area contributed by atoms with Gasteiger partial charge in [-0.3, -0.25) is 10.1 Å². The molecule has 5 unspecified atom stereocenters. The highest BCUT2D eigenvalue weighted by molar-refractivity contribution is 5.85. The average molecular weight is 294 g/mol. The quantitative estimate of drug-likeness (QED) is 0.837. The molecule has 1 amide bonds. The number of hydrogen-bond acceptors (Lipinski definition) is 2. The highest BCUT2D eigenvalue weighted by Gasteiger charge is 2.45. The smallest absolute Gasteiger partial charge is 0.241 e. The third-order valence-electron chi connectivity index (χ3n) is 5.74. The van der Waals surface area contributed by atoms with Crippen LogP contribution in [0.1, 0.15) is 73.1 Å². The fraction of sp³-hybridized carbons (Fsp3) is 0.944. The molecule has 3 heteroatoms. The van der Waals surface area contributed by atoms with Gasteiger partial charge < -0.3 is 4.90 Å². The van der Waals surface area contributed by atoms with Crippen molar-refractivity contribution in [2.45, 2.75) is 91.4 Å². The molecule has 0 spiro atoms. The van der Waals surface area contributed by atoms with Crippen molar-refractivity contribution in [1.82, 2.24) is 10.2 Å². The minimum Gasteiger partial charge on any atom is -0.323 e. The van der Waals surface area contributed by atoms with Gasteiger partial charge in [-0.25, -0.2) is 0 Å². The van der Waals surface area contributed by atoms with Gasteiger partial charge in [0.05, 0.1) is 12.2 Å². The largest absolute Gasteiger partial charge is 0.323 e. The highest BCUT2D eigenvalue weighted by Crippen LogP contribution is 2.34. The van der Waals surface area contributed by atoms with Crippen LogP contribution in [0.15, 0.2) is 0 Å². The van der Waals surface area contributed by atoms with Crippen LogP contribution in [0, 0.1) is 17.8 Å². The van der Waals surface area contributed by atoms with Crippen LogP contribution in [0.4, 0.5) is 0 Å². The van der Waals surface area contributed by atoms with Gasteiger partial charge in [-0.1, -0.05) is 60.3 Å². The number of nitrogens with zero attached hydrogens (tertiary/aromatic N) is 1. The van der Waals surface area contributed by atoms with Crippen LogP contribution in [0.25, 0.3) is 0 Å². The van der Waals surface area contributed by atoms with E-state index < -0.39 is 0 Å². The monoisotopic (exact) mass is 294 g/mol. The summed E-state index contributed by atoms with van der Waals surface area (Å²) in [6, 6.07) is 0.495. The maximum atomic E-state index is 13.0. The summed E-state index contributed by atoms with van der Waals surface area (Å²) in [5, 5.41) is 3.65. The van der Waals surface area contributed by atoms with Crippen LogP contribution in [0.5, 0.6) is 0 Å². The molecule has 1 saturated carbocycles. The number of rotatable bonds is 5. The van der Waals surface area contributed by atoms with E-state index in [2.05, 4.69) is 44.8 Å². The first-order valence-corrected chi connectivity index (χ1v) is 9.07. The molecule has 1 heterocycles. The minimum atomic E-state index is 0.0319. The van der Waals surface area contributed by atoms with Crippen LogP contribution < -0.4 is 5.32 Å². The molecule has 0 bridgehead atoms. The molecule has 0 aromatic heterocycles. The molecule has 21 heavy (non-hydrogen) atoms. The molecule has 1 aliphatic carbocycles. The first kappa shape index (κ1) is 16.8. The van der Waals surface area contributed by atoms with Gasteiger partial charge in [-0.05, 0) is 30.6 Å². The number of carbonyl (C=O) groups excluding carboxylic acids is 1. The Bertz CT molecular complexity index is 355.